The Hall–Kier alpha value is -0.940. The van der Waals surface area contributed by atoms with Crippen molar-refractivity contribution in [3.63, 3.8) is 0 Å². The van der Waals surface area contributed by atoms with Crippen LogP contribution in [-0.2, 0) is 4.79 Å². The molecule has 1 aliphatic heterocycles. The molecule has 0 saturated carbocycles. The zero-order chi connectivity index (χ0) is 13.5. The number of carboxylic acids is 1. The first-order valence-electron chi connectivity index (χ1n) is 6.30. The van der Waals surface area contributed by atoms with Gasteiger partial charge in [-0.1, -0.05) is 0 Å². The summed E-state index contributed by atoms with van der Waals surface area (Å²) >= 11 is 1.68. The van der Waals surface area contributed by atoms with E-state index in [2.05, 4.69) is 23.7 Å². The van der Waals surface area contributed by atoms with Crippen molar-refractivity contribution >= 4 is 17.3 Å². The summed E-state index contributed by atoms with van der Waals surface area (Å²) in [5.74, 6) is -0.726. The van der Waals surface area contributed by atoms with Crippen LogP contribution in [0.5, 0.6) is 0 Å². The second-order valence-corrected chi connectivity index (χ2v) is 6.63. The molecule has 2 atom stereocenters. The Kier molecular flexibility index (Phi) is 3.47. The number of thiazole rings is 1. The highest BCUT2D eigenvalue weighted by atomic mass is 32.1. The number of aryl methyl sites for hydroxylation is 2. The number of carbonyl (C=O) groups is 1. The number of carboxylic acid groups (broad SMARTS) is 1. The van der Waals surface area contributed by atoms with Gasteiger partial charge in [0.25, 0.3) is 0 Å². The van der Waals surface area contributed by atoms with E-state index in [-0.39, 0.29) is 6.04 Å². The molecule has 1 fully saturated rings. The minimum absolute atomic E-state index is 0.0681. The van der Waals surface area contributed by atoms with E-state index >= 15 is 0 Å². The number of nitrogens with zero attached hydrogens (tertiary/aromatic N) is 2. The standard InChI is InChI=1S/C13H20N2O2S/c1-8(11-9(2)18-10(3)14-11)15-7-5-6-13(15,4)12(16)17/h8H,5-7H2,1-4H3,(H,16,17). The molecule has 1 aliphatic rings. The maximum absolute atomic E-state index is 11.5. The number of hydrogen-bond acceptors (Lipinski definition) is 4. The molecular weight excluding hydrogens is 248 g/mol. The number of hydrogen-bond donors (Lipinski definition) is 1. The summed E-state index contributed by atoms with van der Waals surface area (Å²) in [5.41, 5.74) is 0.287. The van der Waals surface area contributed by atoms with Gasteiger partial charge in [0.2, 0.25) is 0 Å². The summed E-state index contributed by atoms with van der Waals surface area (Å²) in [4.78, 5) is 19.3. The average molecular weight is 268 g/mol. The quantitative estimate of drug-likeness (QED) is 0.916. The van der Waals surface area contributed by atoms with Crippen molar-refractivity contribution in [2.45, 2.75) is 52.1 Å². The highest BCUT2D eigenvalue weighted by Crippen LogP contribution is 2.38. The van der Waals surface area contributed by atoms with E-state index in [1.807, 2.05) is 13.8 Å². The monoisotopic (exact) mass is 268 g/mol. The van der Waals surface area contributed by atoms with Gasteiger partial charge in [-0.3, -0.25) is 9.69 Å². The topological polar surface area (TPSA) is 53.4 Å². The van der Waals surface area contributed by atoms with Crippen molar-refractivity contribution in [2.24, 2.45) is 0 Å². The van der Waals surface area contributed by atoms with Gasteiger partial charge in [-0.05, 0) is 47.1 Å². The first-order valence-corrected chi connectivity index (χ1v) is 7.12. The van der Waals surface area contributed by atoms with Gasteiger partial charge < -0.3 is 5.11 Å². The normalized spacial score (nSPS) is 26.4. The lowest BCUT2D eigenvalue weighted by molar-refractivity contribution is -0.149. The summed E-state index contributed by atoms with van der Waals surface area (Å²) in [6.45, 7) is 8.78. The van der Waals surface area contributed by atoms with Crippen LogP contribution in [0.4, 0.5) is 0 Å². The molecule has 0 spiro atoms. The van der Waals surface area contributed by atoms with Crippen LogP contribution in [0.1, 0.15) is 48.3 Å². The Morgan fingerprint density at radius 3 is 2.72 bits per heavy atom. The molecule has 4 nitrogen and oxygen atoms in total. The first kappa shape index (κ1) is 13.5. The first-order chi connectivity index (χ1) is 8.36. The summed E-state index contributed by atoms with van der Waals surface area (Å²) < 4.78 is 0. The summed E-state index contributed by atoms with van der Waals surface area (Å²) in [7, 11) is 0. The van der Waals surface area contributed by atoms with Crippen molar-refractivity contribution < 1.29 is 9.90 Å². The zero-order valence-corrected chi connectivity index (χ0v) is 12.2. The van der Waals surface area contributed by atoms with E-state index in [0.717, 1.165) is 30.1 Å². The van der Waals surface area contributed by atoms with Crippen LogP contribution in [0.25, 0.3) is 0 Å². The summed E-state index contributed by atoms with van der Waals surface area (Å²) in [5, 5.41) is 10.5. The molecule has 1 aromatic heterocycles. The molecule has 1 aromatic rings. The molecule has 0 aliphatic carbocycles. The Bertz CT molecular complexity index is 472. The fourth-order valence-electron chi connectivity index (χ4n) is 2.92. The maximum atomic E-state index is 11.5. The molecule has 0 amide bonds. The Morgan fingerprint density at radius 1 is 1.56 bits per heavy atom. The predicted molar refractivity (Wildman–Crippen MR) is 72.0 cm³/mol. The Labute approximate surface area is 112 Å². The molecule has 0 radical (unpaired) electrons. The minimum Gasteiger partial charge on any atom is -0.480 e. The third kappa shape index (κ3) is 2.06. The van der Waals surface area contributed by atoms with E-state index in [0.29, 0.717) is 0 Å². The summed E-state index contributed by atoms with van der Waals surface area (Å²) in [6, 6.07) is 0.0681. The molecule has 100 valence electrons. The highest BCUT2D eigenvalue weighted by Gasteiger charge is 2.46. The van der Waals surface area contributed by atoms with Crippen molar-refractivity contribution in [3.05, 3.63) is 15.6 Å². The SMILES string of the molecule is Cc1nc(C(C)N2CCCC2(C)C(=O)O)c(C)s1. The van der Waals surface area contributed by atoms with Crippen LogP contribution in [0.15, 0.2) is 0 Å². The number of aromatic nitrogens is 1. The molecule has 0 bridgehead atoms. The van der Waals surface area contributed by atoms with Gasteiger partial charge in [0.1, 0.15) is 5.54 Å². The van der Waals surface area contributed by atoms with Gasteiger partial charge in [-0.25, -0.2) is 4.98 Å². The van der Waals surface area contributed by atoms with Gasteiger partial charge in [0.15, 0.2) is 0 Å². The lowest BCUT2D eigenvalue weighted by atomic mass is 9.97. The van der Waals surface area contributed by atoms with Crippen molar-refractivity contribution in [3.8, 4) is 0 Å². The molecule has 2 unspecified atom stereocenters. The minimum atomic E-state index is -0.747. The molecule has 5 heteroatoms. The van der Waals surface area contributed by atoms with E-state index in [4.69, 9.17) is 0 Å². The summed E-state index contributed by atoms with van der Waals surface area (Å²) in [6.07, 6.45) is 1.66. The lowest BCUT2D eigenvalue weighted by Crippen LogP contribution is -2.49. The fraction of sp³-hybridized carbons (Fsp3) is 0.692. The number of rotatable bonds is 3. The van der Waals surface area contributed by atoms with Gasteiger partial charge in [-0.2, -0.15) is 0 Å². The van der Waals surface area contributed by atoms with Crippen molar-refractivity contribution in [1.82, 2.24) is 9.88 Å². The average Bonchev–Trinajstić information content (AvgIpc) is 2.82. The maximum Gasteiger partial charge on any atom is 0.323 e. The highest BCUT2D eigenvalue weighted by molar-refractivity contribution is 7.11. The van der Waals surface area contributed by atoms with Crippen molar-refractivity contribution in [2.75, 3.05) is 6.54 Å². The van der Waals surface area contributed by atoms with Crippen LogP contribution in [0, 0.1) is 13.8 Å². The molecule has 18 heavy (non-hydrogen) atoms. The van der Waals surface area contributed by atoms with Crippen LogP contribution in [-0.4, -0.2) is 33.0 Å². The third-order valence-corrected chi connectivity index (χ3v) is 4.86. The molecular formula is C13H20N2O2S. The van der Waals surface area contributed by atoms with E-state index < -0.39 is 11.5 Å². The Balaban J connectivity index is 2.31. The second kappa shape index (κ2) is 4.63. The van der Waals surface area contributed by atoms with Gasteiger partial charge >= 0.3 is 5.97 Å². The molecule has 2 heterocycles. The van der Waals surface area contributed by atoms with E-state index in [1.165, 1.54) is 4.88 Å². The largest absolute Gasteiger partial charge is 0.480 e. The van der Waals surface area contributed by atoms with Crippen LogP contribution in [0.2, 0.25) is 0 Å². The van der Waals surface area contributed by atoms with Crippen LogP contribution >= 0.6 is 11.3 Å². The number of likely N-dealkylation sites (tertiary alicyclic amines) is 1. The number of aliphatic carboxylic acids is 1. The van der Waals surface area contributed by atoms with Crippen molar-refractivity contribution in [1.29, 1.82) is 0 Å². The zero-order valence-electron chi connectivity index (χ0n) is 11.4. The second-order valence-electron chi connectivity index (χ2n) is 5.23. The molecule has 1 N–H and O–H groups in total. The lowest BCUT2D eigenvalue weighted by Gasteiger charge is -2.35. The van der Waals surface area contributed by atoms with Crippen LogP contribution < -0.4 is 0 Å². The molecule has 1 saturated heterocycles. The van der Waals surface area contributed by atoms with E-state index in [9.17, 15) is 9.90 Å². The predicted octanol–water partition coefficient (Wildman–Crippen LogP) is 2.76. The molecule has 2 rings (SSSR count). The van der Waals surface area contributed by atoms with E-state index in [1.54, 1.807) is 11.3 Å². The Morgan fingerprint density at radius 2 is 2.22 bits per heavy atom. The smallest absolute Gasteiger partial charge is 0.323 e. The van der Waals surface area contributed by atoms with Crippen LogP contribution in [0.3, 0.4) is 0 Å². The molecule has 0 aromatic carbocycles. The third-order valence-electron chi connectivity index (χ3n) is 3.96. The fourth-order valence-corrected chi connectivity index (χ4v) is 3.82. The van der Waals surface area contributed by atoms with Gasteiger partial charge in [0, 0.05) is 4.88 Å². The van der Waals surface area contributed by atoms with Gasteiger partial charge in [0.05, 0.1) is 16.7 Å². The van der Waals surface area contributed by atoms with Gasteiger partial charge in [-0.15, -0.1) is 11.3 Å².